The van der Waals surface area contributed by atoms with E-state index in [1.807, 2.05) is 13.0 Å². The van der Waals surface area contributed by atoms with E-state index in [9.17, 15) is 4.79 Å². The third kappa shape index (κ3) is 4.08. The molecule has 0 radical (unpaired) electrons. The van der Waals surface area contributed by atoms with Gasteiger partial charge >= 0.3 is 0 Å². The molecule has 1 atom stereocenters. The number of nitrogens with two attached hydrogens (primary N) is 1. The number of nitrogens with one attached hydrogen (secondary N) is 1. The molecule has 5 heteroatoms. The van der Waals surface area contributed by atoms with Gasteiger partial charge in [0.2, 0.25) is 5.91 Å². The number of carbonyl (C=O) groups excluding carboxylic acids is 1. The second-order valence-corrected chi connectivity index (χ2v) is 3.65. The van der Waals surface area contributed by atoms with E-state index in [1.165, 1.54) is 0 Å². The SMILES string of the molecule is Cc1ccc(NC(=O)C(C)N)cc1Cl.Cl. The average Bonchev–Trinajstić information content (AvgIpc) is 2.11. The van der Waals surface area contributed by atoms with Gasteiger partial charge in [0.15, 0.2) is 0 Å². The van der Waals surface area contributed by atoms with Gasteiger partial charge < -0.3 is 11.1 Å². The summed E-state index contributed by atoms with van der Waals surface area (Å²) in [4.78, 5) is 11.2. The summed E-state index contributed by atoms with van der Waals surface area (Å²) in [5.74, 6) is -0.218. The summed E-state index contributed by atoms with van der Waals surface area (Å²) in [5, 5.41) is 3.29. The predicted molar refractivity (Wildman–Crippen MR) is 65.7 cm³/mol. The molecule has 0 aromatic heterocycles. The predicted octanol–water partition coefficient (Wildman–Crippen LogP) is 2.36. The molecule has 3 N–H and O–H groups in total. The van der Waals surface area contributed by atoms with Crippen molar-refractivity contribution in [2.24, 2.45) is 5.73 Å². The lowest BCUT2D eigenvalue weighted by Crippen LogP contribution is -2.32. The first-order valence-electron chi connectivity index (χ1n) is 4.33. The Labute approximate surface area is 100 Å². The van der Waals surface area contributed by atoms with Crippen LogP contribution in [0.5, 0.6) is 0 Å². The monoisotopic (exact) mass is 248 g/mol. The number of carbonyl (C=O) groups is 1. The summed E-state index contributed by atoms with van der Waals surface area (Å²) < 4.78 is 0. The Morgan fingerprint density at radius 1 is 1.53 bits per heavy atom. The molecular formula is C10H14Cl2N2O. The molecular weight excluding hydrogens is 235 g/mol. The molecule has 3 nitrogen and oxygen atoms in total. The van der Waals surface area contributed by atoms with Crippen molar-refractivity contribution in [2.75, 3.05) is 5.32 Å². The van der Waals surface area contributed by atoms with Crippen molar-refractivity contribution in [3.8, 4) is 0 Å². The van der Waals surface area contributed by atoms with Crippen LogP contribution >= 0.6 is 24.0 Å². The first-order chi connectivity index (χ1) is 6.50. The third-order valence-corrected chi connectivity index (χ3v) is 2.26. The number of aryl methyl sites for hydroxylation is 1. The Morgan fingerprint density at radius 2 is 2.13 bits per heavy atom. The fourth-order valence-corrected chi connectivity index (χ4v) is 1.11. The summed E-state index contributed by atoms with van der Waals surface area (Å²) in [7, 11) is 0. The summed E-state index contributed by atoms with van der Waals surface area (Å²) >= 11 is 5.89. The van der Waals surface area contributed by atoms with Gasteiger partial charge in [-0.1, -0.05) is 17.7 Å². The number of hydrogen-bond donors (Lipinski definition) is 2. The number of hydrogen-bond acceptors (Lipinski definition) is 2. The Bertz CT molecular complexity index is 353. The van der Waals surface area contributed by atoms with Gasteiger partial charge in [0, 0.05) is 10.7 Å². The normalized spacial score (nSPS) is 11.5. The summed E-state index contributed by atoms with van der Waals surface area (Å²) in [6.07, 6.45) is 0. The first kappa shape index (κ1) is 14.2. The number of anilines is 1. The van der Waals surface area contributed by atoms with Crippen molar-refractivity contribution in [1.29, 1.82) is 0 Å². The van der Waals surface area contributed by atoms with Crippen LogP contribution < -0.4 is 11.1 Å². The number of amides is 1. The van der Waals surface area contributed by atoms with Crippen LogP contribution in [-0.2, 0) is 4.79 Å². The van der Waals surface area contributed by atoms with Gasteiger partial charge in [-0.3, -0.25) is 4.79 Å². The fraction of sp³-hybridized carbons (Fsp3) is 0.300. The van der Waals surface area contributed by atoms with E-state index in [1.54, 1.807) is 19.1 Å². The van der Waals surface area contributed by atoms with Crippen LogP contribution in [0.3, 0.4) is 0 Å². The lowest BCUT2D eigenvalue weighted by molar-refractivity contribution is -0.117. The Hall–Kier alpha value is -0.770. The zero-order chi connectivity index (χ0) is 10.7. The van der Waals surface area contributed by atoms with Crippen LogP contribution in [0.1, 0.15) is 12.5 Å². The molecule has 0 aliphatic carbocycles. The molecule has 84 valence electrons. The van der Waals surface area contributed by atoms with Crippen LogP contribution in [0.25, 0.3) is 0 Å². The van der Waals surface area contributed by atoms with Gasteiger partial charge in [-0.2, -0.15) is 0 Å². The molecule has 0 saturated carbocycles. The largest absolute Gasteiger partial charge is 0.325 e. The second kappa shape index (κ2) is 5.95. The van der Waals surface area contributed by atoms with Crippen LogP contribution in [-0.4, -0.2) is 11.9 Å². The smallest absolute Gasteiger partial charge is 0.240 e. The quantitative estimate of drug-likeness (QED) is 0.845. The molecule has 1 amide bonds. The third-order valence-electron chi connectivity index (χ3n) is 1.85. The van der Waals surface area contributed by atoms with Crippen molar-refractivity contribution >= 4 is 35.6 Å². The maximum atomic E-state index is 11.2. The summed E-state index contributed by atoms with van der Waals surface area (Å²) in [6.45, 7) is 3.53. The molecule has 1 aromatic carbocycles. The molecule has 0 heterocycles. The lowest BCUT2D eigenvalue weighted by Gasteiger charge is -2.08. The fourth-order valence-electron chi connectivity index (χ4n) is 0.927. The molecule has 15 heavy (non-hydrogen) atoms. The van der Waals surface area contributed by atoms with Crippen LogP contribution in [0.4, 0.5) is 5.69 Å². The Balaban J connectivity index is 0.00000196. The highest BCUT2D eigenvalue weighted by atomic mass is 35.5. The van der Waals surface area contributed by atoms with E-state index in [0.29, 0.717) is 10.7 Å². The Morgan fingerprint density at radius 3 is 2.60 bits per heavy atom. The van der Waals surface area contributed by atoms with Gasteiger partial charge in [-0.25, -0.2) is 0 Å². The van der Waals surface area contributed by atoms with Crippen molar-refractivity contribution in [2.45, 2.75) is 19.9 Å². The van der Waals surface area contributed by atoms with E-state index in [2.05, 4.69) is 5.32 Å². The molecule has 0 aliphatic heterocycles. The zero-order valence-electron chi connectivity index (χ0n) is 8.58. The number of rotatable bonds is 2. The van der Waals surface area contributed by atoms with Crippen molar-refractivity contribution in [3.63, 3.8) is 0 Å². The highest BCUT2D eigenvalue weighted by molar-refractivity contribution is 6.31. The van der Waals surface area contributed by atoms with Crippen LogP contribution in [0, 0.1) is 6.92 Å². The van der Waals surface area contributed by atoms with Crippen molar-refractivity contribution < 1.29 is 4.79 Å². The van der Waals surface area contributed by atoms with Gasteiger partial charge in [0.05, 0.1) is 6.04 Å². The molecule has 0 fully saturated rings. The standard InChI is InChI=1S/C10H13ClN2O.ClH/c1-6-3-4-8(5-9(6)11)13-10(14)7(2)12;/h3-5,7H,12H2,1-2H3,(H,13,14);1H. The topological polar surface area (TPSA) is 55.1 Å². The van der Waals surface area contributed by atoms with Gasteiger partial charge in [-0.15, -0.1) is 12.4 Å². The summed E-state index contributed by atoms with van der Waals surface area (Å²) in [6, 6.07) is 4.83. The van der Waals surface area contributed by atoms with E-state index in [-0.39, 0.29) is 18.3 Å². The molecule has 0 saturated heterocycles. The minimum Gasteiger partial charge on any atom is -0.325 e. The molecule has 1 unspecified atom stereocenters. The molecule has 0 aliphatic rings. The van der Waals surface area contributed by atoms with E-state index in [4.69, 9.17) is 17.3 Å². The Kier molecular flexibility index (Phi) is 5.65. The molecule has 0 spiro atoms. The van der Waals surface area contributed by atoms with Crippen molar-refractivity contribution in [3.05, 3.63) is 28.8 Å². The summed E-state index contributed by atoms with van der Waals surface area (Å²) in [5.41, 5.74) is 7.05. The first-order valence-corrected chi connectivity index (χ1v) is 4.71. The minimum absolute atomic E-state index is 0. The average molecular weight is 249 g/mol. The highest BCUT2D eigenvalue weighted by Crippen LogP contribution is 2.19. The second-order valence-electron chi connectivity index (χ2n) is 3.24. The highest BCUT2D eigenvalue weighted by Gasteiger charge is 2.07. The van der Waals surface area contributed by atoms with E-state index < -0.39 is 6.04 Å². The van der Waals surface area contributed by atoms with Gasteiger partial charge in [0.1, 0.15) is 0 Å². The number of halogens is 2. The zero-order valence-corrected chi connectivity index (χ0v) is 10.2. The molecule has 1 rings (SSSR count). The minimum atomic E-state index is -0.518. The van der Waals surface area contributed by atoms with Crippen LogP contribution in [0.2, 0.25) is 5.02 Å². The van der Waals surface area contributed by atoms with E-state index in [0.717, 1.165) is 5.56 Å². The van der Waals surface area contributed by atoms with Gasteiger partial charge in [0.25, 0.3) is 0 Å². The van der Waals surface area contributed by atoms with Crippen LogP contribution in [0.15, 0.2) is 18.2 Å². The maximum absolute atomic E-state index is 11.2. The van der Waals surface area contributed by atoms with Crippen molar-refractivity contribution in [1.82, 2.24) is 0 Å². The molecule has 0 bridgehead atoms. The van der Waals surface area contributed by atoms with Gasteiger partial charge in [-0.05, 0) is 31.5 Å². The lowest BCUT2D eigenvalue weighted by atomic mass is 10.2. The van der Waals surface area contributed by atoms with E-state index >= 15 is 0 Å². The number of benzene rings is 1. The molecule has 1 aromatic rings. The maximum Gasteiger partial charge on any atom is 0.240 e.